The molecule has 3 rings (SSSR count). The Kier molecular flexibility index (Phi) is 5.91. The third kappa shape index (κ3) is 4.61. The highest BCUT2D eigenvalue weighted by molar-refractivity contribution is 7.90. The van der Waals surface area contributed by atoms with Crippen LogP contribution in [-0.2, 0) is 25.0 Å². The largest absolute Gasteiger partial charge is 0.325 e. The summed E-state index contributed by atoms with van der Waals surface area (Å²) in [5, 5.41) is 5.25. The minimum absolute atomic E-state index is 0.124. The summed E-state index contributed by atoms with van der Waals surface area (Å²) < 4.78 is 23.0. The van der Waals surface area contributed by atoms with Gasteiger partial charge in [-0.25, -0.2) is 13.2 Å². The Balaban J connectivity index is 1.71. The molecule has 8 nitrogen and oxygen atoms in total. The van der Waals surface area contributed by atoms with Crippen LogP contribution in [0.25, 0.3) is 0 Å². The van der Waals surface area contributed by atoms with Gasteiger partial charge < -0.3 is 10.6 Å². The van der Waals surface area contributed by atoms with E-state index in [2.05, 4.69) is 24.5 Å². The molecule has 0 unspecified atom stereocenters. The second-order valence-electron chi connectivity index (χ2n) is 8.07. The van der Waals surface area contributed by atoms with Crippen molar-refractivity contribution in [3.8, 4) is 0 Å². The molecule has 1 aliphatic heterocycles. The fourth-order valence-electron chi connectivity index (χ4n) is 3.37. The number of hydrogen-bond donors (Lipinski definition) is 2. The Bertz CT molecular complexity index is 1120. The number of nitrogens with zero attached hydrogens (tertiary/aromatic N) is 1. The number of carbonyl (C=O) groups excluding carboxylic acids is 3. The van der Waals surface area contributed by atoms with Crippen LogP contribution in [0, 0.1) is 0 Å². The lowest BCUT2D eigenvalue weighted by molar-refractivity contribution is -0.133. The smallest absolute Gasteiger partial charge is 0.325 e. The fraction of sp³-hybridized carbons (Fsp3) is 0.318. The number of sulfone groups is 1. The SMILES string of the molecule is CC(C)c1ccc([C@]2(C)NC(=O)N(CC(=O)Nc3ccc(S(C)(=O)=O)cc3)C2=O)cc1. The van der Waals surface area contributed by atoms with Crippen molar-refractivity contribution in [1.29, 1.82) is 0 Å². The van der Waals surface area contributed by atoms with Crippen molar-refractivity contribution in [3.63, 3.8) is 0 Å². The average Bonchev–Trinajstić information content (AvgIpc) is 2.91. The number of nitrogens with one attached hydrogen (secondary N) is 2. The Morgan fingerprint density at radius 2 is 1.65 bits per heavy atom. The van der Waals surface area contributed by atoms with E-state index >= 15 is 0 Å². The first-order chi connectivity index (χ1) is 14.4. The van der Waals surface area contributed by atoms with Crippen molar-refractivity contribution < 1.29 is 22.8 Å². The Hall–Kier alpha value is -3.20. The summed E-state index contributed by atoms with van der Waals surface area (Å²) in [6.45, 7) is 5.28. The van der Waals surface area contributed by atoms with Crippen LogP contribution < -0.4 is 10.6 Å². The number of amides is 4. The second-order valence-corrected chi connectivity index (χ2v) is 10.1. The van der Waals surface area contributed by atoms with Crippen LogP contribution in [0.4, 0.5) is 10.5 Å². The number of benzene rings is 2. The van der Waals surface area contributed by atoms with Gasteiger partial charge in [-0.15, -0.1) is 0 Å². The van der Waals surface area contributed by atoms with Gasteiger partial charge in [-0.2, -0.15) is 0 Å². The molecule has 164 valence electrons. The lowest BCUT2D eigenvalue weighted by atomic mass is 9.90. The highest BCUT2D eigenvalue weighted by Gasteiger charge is 2.49. The summed E-state index contributed by atoms with van der Waals surface area (Å²) in [6, 6.07) is 12.4. The zero-order valence-electron chi connectivity index (χ0n) is 17.8. The molecular weight excluding hydrogens is 418 g/mol. The van der Waals surface area contributed by atoms with E-state index in [4.69, 9.17) is 0 Å². The van der Waals surface area contributed by atoms with Crippen molar-refractivity contribution in [1.82, 2.24) is 10.2 Å². The van der Waals surface area contributed by atoms with Crippen LogP contribution in [0.3, 0.4) is 0 Å². The standard InChI is InChI=1S/C22H25N3O5S/c1-14(2)15-5-7-16(8-6-15)22(3)20(27)25(21(28)24-22)13-19(26)23-17-9-11-18(12-10-17)31(4,29)30/h5-12,14H,13H2,1-4H3,(H,23,26)(H,24,28)/t22-/m0/s1. The Morgan fingerprint density at radius 3 is 2.16 bits per heavy atom. The molecule has 2 aromatic carbocycles. The highest BCUT2D eigenvalue weighted by Crippen LogP contribution is 2.30. The predicted octanol–water partition coefficient (Wildman–Crippen LogP) is 2.62. The quantitative estimate of drug-likeness (QED) is 0.667. The molecule has 2 N–H and O–H groups in total. The van der Waals surface area contributed by atoms with E-state index in [-0.39, 0.29) is 4.90 Å². The normalized spacial score (nSPS) is 18.9. The summed E-state index contributed by atoms with van der Waals surface area (Å²) in [5.41, 5.74) is 0.845. The van der Waals surface area contributed by atoms with Gasteiger partial charge in [-0.3, -0.25) is 14.5 Å². The van der Waals surface area contributed by atoms with Gasteiger partial charge in [0, 0.05) is 11.9 Å². The summed E-state index contributed by atoms with van der Waals surface area (Å²) >= 11 is 0. The van der Waals surface area contributed by atoms with Gasteiger partial charge in [0.05, 0.1) is 4.90 Å². The predicted molar refractivity (Wildman–Crippen MR) is 116 cm³/mol. The van der Waals surface area contributed by atoms with Crippen molar-refractivity contribution in [3.05, 3.63) is 59.7 Å². The topological polar surface area (TPSA) is 113 Å². The van der Waals surface area contributed by atoms with Crippen LogP contribution in [0.5, 0.6) is 0 Å². The van der Waals surface area contributed by atoms with Crippen molar-refractivity contribution in [2.45, 2.75) is 37.1 Å². The van der Waals surface area contributed by atoms with Gasteiger partial charge in [0.15, 0.2) is 9.84 Å². The first-order valence-corrected chi connectivity index (χ1v) is 11.7. The maximum Gasteiger partial charge on any atom is 0.325 e. The van der Waals surface area contributed by atoms with Crippen LogP contribution in [0.2, 0.25) is 0 Å². The average molecular weight is 444 g/mol. The number of carbonyl (C=O) groups is 3. The van der Waals surface area contributed by atoms with Crippen molar-refractivity contribution >= 4 is 33.4 Å². The molecule has 1 aliphatic rings. The Labute approximate surface area is 181 Å². The summed E-state index contributed by atoms with van der Waals surface area (Å²) in [4.78, 5) is 38.8. The van der Waals surface area contributed by atoms with Crippen molar-refractivity contribution in [2.75, 3.05) is 18.1 Å². The van der Waals surface area contributed by atoms with Crippen LogP contribution >= 0.6 is 0 Å². The summed E-state index contributed by atoms with van der Waals surface area (Å²) in [6.07, 6.45) is 1.09. The van der Waals surface area contributed by atoms with Crippen LogP contribution in [0.1, 0.15) is 37.8 Å². The van der Waals surface area contributed by atoms with Gasteiger partial charge >= 0.3 is 6.03 Å². The molecule has 0 saturated carbocycles. The van der Waals surface area contributed by atoms with Crippen molar-refractivity contribution in [2.24, 2.45) is 0 Å². The molecule has 1 heterocycles. The molecule has 0 spiro atoms. The molecule has 0 radical (unpaired) electrons. The molecule has 0 aliphatic carbocycles. The number of rotatable bonds is 6. The molecule has 1 atom stereocenters. The van der Waals surface area contributed by atoms with Gasteiger partial charge in [-0.05, 0) is 48.2 Å². The van der Waals surface area contributed by atoms with E-state index in [0.717, 1.165) is 16.7 Å². The van der Waals surface area contributed by atoms with E-state index in [1.54, 1.807) is 19.1 Å². The molecule has 4 amide bonds. The zero-order chi connectivity index (χ0) is 23.0. The van der Waals surface area contributed by atoms with Gasteiger partial charge in [0.25, 0.3) is 5.91 Å². The lowest BCUT2D eigenvalue weighted by Gasteiger charge is -2.22. The second kappa shape index (κ2) is 8.14. The molecule has 0 aromatic heterocycles. The first-order valence-electron chi connectivity index (χ1n) is 9.76. The number of hydrogen-bond acceptors (Lipinski definition) is 5. The van der Waals surface area contributed by atoms with Crippen LogP contribution in [-0.4, -0.2) is 44.0 Å². The van der Waals surface area contributed by atoms with E-state index in [1.807, 2.05) is 12.1 Å². The molecule has 0 bridgehead atoms. The minimum Gasteiger partial charge on any atom is -0.325 e. The third-order valence-corrected chi connectivity index (χ3v) is 6.43. The lowest BCUT2D eigenvalue weighted by Crippen LogP contribution is -2.42. The van der Waals surface area contributed by atoms with E-state index in [0.29, 0.717) is 17.2 Å². The van der Waals surface area contributed by atoms with E-state index < -0.39 is 39.8 Å². The van der Waals surface area contributed by atoms with Gasteiger partial charge in [0.2, 0.25) is 5.91 Å². The number of urea groups is 1. The molecule has 31 heavy (non-hydrogen) atoms. The molecular formula is C22H25N3O5S. The fourth-order valence-corrected chi connectivity index (χ4v) is 4.00. The molecule has 2 aromatic rings. The van der Waals surface area contributed by atoms with E-state index in [9.17, 15) is 22.8 Å². The number of anilines is 1. The summed E-state index contributed by atoms with van der Waals surface area (Å²) in [7, 11) is -3.35. The molecule has 9 heteroatoms. The Morgan fingerprint density at radius 1 is 1.06 bits per heavy atom. The van der Waals surface area contributed by atoms with E-state index in [1.165, 1.54) is 24.3 Å². The summed E-state index contributed by atoms with van der Waals surface area (Å²) in [5.74, 6) is -0.755. The minimum atomic E-state index is -3.35. The zero-order valence-corrected chi connectivity index (χ0v) is 18.6. The molecule has 1 fully saturated rings. The third-order valence-electron chi connectivity index (χ3n) is 5.30. The number of imide groups is 1. The van der Waals surface area contributed by atoms with Gasteiger partial charge in [0.1, 0.15) is 12.1 Å². The maximum absolute atomic E-state index is 13.0. The molecule has 1 saturated heterocycles. The monoisotopic (exact) mass is 443 g/mol. The van der Waals surface area contributed by atoms with Crippen LogP contribution in [0.15, 0.2) is 53.4 Å². The van der Waals surface area contributed by atoms with Gasteiger partial charge in [-0.1, -0.05) is 38.1 Å². The maximum atomic E-state index is 13.0. The first kappa shape index (κ1) is 22.5. The highest BCUT2D eigenvalue weighted by atomic mass is 32.2.